The Morgan fingerprint density at radius 1 is 1.29 bits per heavy atom. The van der Waals surface area contributed by atoms with E-state index in [0.717, 1.165) is 24.2 Å². The van der Waals surface area contributed by atoms with Gasteiger partial charge >= 0.3 is 0 Å². The third-order valence-electron chi connectivity index (χ3n) is 4.66. The number of likely N-dealkylation sites (N-methyl/N-ethyl adjacent to an activating group) is 1. The second-order valence-electron chi connectivity index (χ2n) is 6.94. The summed E-state index contributed by atoms with van der Waals surface area (Å²) < 4.78 is 11.5. The predicted octanol–water partition coefficient (Wildman–Crippen LogP) is 4.03. The standard InChI is InChI=1S/C20H31NO3/c1-5-23-18-11-9-17(10-12-18)14-21(4)20(22)16(3)24-19-8-6-7-15(2)13-19/h9-12,15-16,19H,5-8,13-14H2,1-4H3. The SMILES string of the molecule is CCOc1ccc(CN(C)C(=O)C(C)OC2CCCC(C)C2)cc1. The molecule has 2 rings (SSSR count). The molecule has 1 saturated carbocycles. The van der Waals surface area contributed by atoms with Crippen molar-refractivity contribution in [2.75, 3.05) is 13.7 Å². The molecule has 0 saturated heterocycles. The van der Waals surface area contributed by atoms with E-state index in [4.69, 9.17) is 9.47 Å². The summed E-state index contributed by atoms with van der Waals surface area (Å²) in [6, 6.07) is 7.90. The van der Waals surface area contributed by atoms with E-state index in [1.165, 1.54) is 12.8 Å². The summed E-state index contributed by atoms with van der Waals surface area (Å²) in [4.78, 5) is 14.3. The molecular formula is C20H31NO3. The molecule has 1 aromatic rings. The molecule has 4 heteroatoms. The maximum Gasteiger partial charge on any atom is 0.251 e. The number of benzene rings is 1. The van der Waals surface area contributed by atoms with Crippen LogP contribution in [0.25, 0.3) is 0 Å². The van der Waals surface area contributed by atoms with Gasteiger partial charge in [-0.2, -0.15) is 0 Å². The number of carbonyl (C=O) groups is 1. The van der Waals surface area contributed by atoms with E-state index < -0.39 is 0 Å². The highest BCUT2D eigenvalue weighted by Crippen LogP contribution is 2.26. The third kappa shape index (κ3) is 5.52. The van der Waals surface area contributed by atoms with Crippen molar-refractivity contribution in [1.82, 2.24) is 4.90 Å². The van der Waals surface area contributed by atoms with Crippen molar-refractivity contribution in [3.63, 3.8) is 0 Å². The van der Waals surface area contributed by atoms with Gasteiger partial charge in [0.25, 0.3) is 5.91 Å². The molecule has 134 valence electrons. The quantitative estimate of drug-likeness (QED) is 0.756. The first-order valence-electron chi connectivity index (χ1n) is 9.11. The second-order valence-corrected chi connectivity index (χ2v) is 6.94. The fourth-order valence-corrected chi connectivity index (χ4v) is 3.37. The number of rotatable bonds is 7. The average molecular weight is 333 g/mol. The normalized spacial score (nSPS) is 22.0. The molecule has 0 aliphatic heterocycles. The van der Waals surface area contributed by atoms with Crippen LogP contribution in [-0.4, -0.2) is 36.7 Å². The Kier molecular flexibility index (Phi) is 7.10. The highest BCUT2D eigenvalue weighted by molar-refractivity contribution is 5.80. The van der Waals surface area contributed by atoms with Crippen LogP contribution in [0.15, 0.2) is 24.3 Å². The fourth-order valence-electron chi connectivity index (χ4n) is 3.37. The Balaban J connectivity index is 1.84. The maximum atomic E-state index is 12.5. The first-order valence-corrected chi connectivity index (χ1v) is 9.11. The number of ether oxygens (including phenoxy) is 2. The number of hydrogen-bond donors (Lipinski definition) is 0. The van der Waals surface area contributed by atoms with Crippen molar-refractivity contribution in [2.24, 2.45) is 5.92 Å². The van der Waals surface area contributed by atoms with Gasteiger partial charge in [-0.1, -0.05) is 31.9 Å². The van der Waals surface area contributed by atoms with Gasteiger partial charge in [-0.15, -0.1) is 0 Å². The van der Waals surface area contributed by atoms with E-state index in [1.54, 1.807) is 4.90 Å². The summed E-state index contributed by atoms with van der Waals surface area (Å²) in [5, 5.41) is 0. The number of carbonyl (C=O) groups excluding carboxylic acids is 1. The van der Waals surface area contributed by atoms with E-state index in [9.17, 15) is 4.79 Å². The zero-order chi connectivity index (χ0) is 17.5. The lowest BCUT2D eigenvalue weighted by Crippen LogP contribution is -2.38. The molecule has 1 aliphatic rings. The first kappa shape index (κ1) is 18.8. The molecular weight excluding hydrogens is 302 g/mol. The van der Waals surface area contributed by atoms with Crippen LogP contribution in [-0.2, 0) is 16.1 Å². The predicted molar refractivity (Wildman–Crippen MR) is 96.1 cm³/mol. The van der Waals surface area contributed by atoms with E-state index in [-0.39, 0.29) is 18.1 Å². The van der Waals surface area contributed by atoms with Gasteiger partial charge in [0, 0.05) is 13.6 Å². The van der Waals surface area contributed by atoms with Crippen LogP contribution in [0.2, 0.25) is 0 Å². The lowest BCUT2D eigenvalue weighted by Gasteiger charge is -2.30. The van der Waals surface area contributed by atoms with E-state index >= 15 is 0 Å². The molecule has 0 aromatic heterocycles. The fraction of sp³-hybridized carbons (Fsp3) is 0.650. The first-order chi connectivity index (χ1) is 11.5. The molecule has 4 nitrogen and oxygen atoms in total. The van der Waals surface area contributed by atoms with Crippen LogP contribution in [0.3, 0.4) is 0 Å². The van der Waals surface area contributed by atoms with Gasteiger partial charge in [0.2, 0.25) is 0 Å². The highest BCUT2D eigenvalue weighted by atomic mass is 16.5. The smallest absolute Gasteiger partial charge is 0.251 e. The van der Waals surface area contributed by atoms with Crippen molar-refractivity contribution < 1.29 is 14.3 Å². The zero-order valence-corrected chi connectivity index (χ0v) is 15.5. The van der Waals surface area contributed by atoms with Gasteiger partial charge in [0.15, 0.2) is 0 Å². The Labute approximate surface area is 146 Å². The van der Waals surface area contributed by atoms with Crippen LogP contribution in [0, 0.1) is 5.92 Å². The van der Waals surface area contributed by atoms with Crippen LogP contribution >= 0.6 is 0 Å². The Morgan fingerprint density at radius 3 is 2.62 bits per heavy atom. The summed E-state index contributed by atoms with van der Waals surface area (Å²) in [6.45, 7) is 7.34. The third-order valence-corrected chi connectivity index (χ3v) is 4.66. The van der Waals surface area contributed by atoms with Crippen molar-refractivity contribution in [3.05, 3.63) is 29.8 Å². The van der Waals surface area contributed by atoms with Gasteiger partial charge < -0.3 is 14.4 Å². The summed E-state index contributed by atoms with van der Waals surface area (Å²) in [5.41, 5.74) is 1.09. The van der Waals surface area contributed by atoms with Crippen LogP contribution in [0.5, 0.6) is 5.75 Å². The Bertz CT molecular complexity index is 514. The minimum absolute atomic E-state index is 0.0436. The molecule has 3 unspecified atom stereocenters. The second kappa shape index (κ2) is 9.07. The molecule has 0 N–H and O–H groups in total. The van der Waals surface area contributed by atoms with Crippen molar-refractivity contribution in [2.45, 2.75) is 65.2 Å². The lowest BCUT2D eigenvalue weighted by atomic mass is 9.88. The average Bonchev–Trinajstić information content (AvgIpc) is 2.56. The number of nitrogens with zero attached hydrogens (tertiary/aromatic N) is 1. The molecule has 0 bridgehead atoms. The molecule has 0 radical (unpaired) electrons. The molecule has 3 atom stereocenters. The van der Waals surface area contributed by atoms with Gasteiger partial charge in [-0.05, 0) is 50.3 Å². The Hall–Kier alpha value is -1.55. The summed E-state index contributed by atoms with van der Waals surface area (Å²) in [6.07, 6.45) is 4.47. The largest absolute Gasteiger partial charge is 0.494 e. The highest BCUT2D eigenvalue weighted by Gasteiger charge is 2.25. The van der Waals surface area contributed by atoms with E-state index in [2.05, 4.69) is 6.92 Å². The van der Waals surface area contributed by atoms with Gasteiger partial charge in [0.05, 0.1) is 12.7 Å². The summed E-state index contributed by atoms with van der Waals surface area (Å²) in [7, 11) is 1.84. The van der Waals surface area contributed by atoms with Crippen LogP contribution < -0.4 is 4.74 Å². The Morgan fingerprint density at radius 2 is 2.00 bits per heavy atom. The molecule has 1 aromatic carbocycles. The summed E-state index contributed by atoms with van der Waals surface area (Å²) in [5.74, 6) is 1.60. The van der Waals surface area contributed by atoms with Crippen LogP contribution in [0.4, 0.5) is 0 Å². The minimum Gasteiger partial charge on any atom is -0.494 e. The van der Waals surface area contributed by atoms with E-state index in [0.29, 0.717) is 19.1 Å². The van der Waals surface area contributed by atoms with E-state index in [1.807, 2.05) is 45.2 Å². The van der Waals surface area contributed by atoms with Crippen molar-refractivity contribution in [1.29, 1.82) is 0 Å². The lowest BCUT2D eigenvalue weighted by molar-refractivity contribution is -0.147. The van der Waals surface area contributed by atoms with Gasteiger partial charge in [0.1, 0.15) is 11.9 Å². The number of amides is 1. The molecule has 1 fully saturated rings. The van der Waals surface area contributed by atoms with Gasteiger partial charge in [-0.25, -0.2) is 0 Å². The maximum absolute atomic E-state index is 12.5. The molecule has 1 amide bonds. The van der Waals surface area contributed by atoms with Crippen molar-refractivity contribution >= 4 is 5.91 Å². The molecule has 1 aliphatic carbocycles. The number of hydrogen-bond acceptors (Lipinski definition) is 3. The topological polar surface area (TPSA) is 38.8 Å². The van der Waals surface area contributed by atoms with Gasteiger partial charge in [-0.3, -0.25) is 4.79 Å². The molecule has 0 heterocycles. The molecule has 24 heavy (non-hydrogen) atoms. The minimum atomic E-state index is -0.381. The van der Waals surface area contributed by atoms with Crippen LogP contribution in [0.1, 0.15) is 52.0 Å². The monoisotopic (exact) mass is 333 g/mol. The zero-order valence-electron chi connectivity index (χ0n) is 15.5. The molecule has 0 spiro atoms. The summed E-state index contributed by atoms with van der Waals surface area (Å²) >= 11 is 0. The van der Waals surface area contributed by atoms with Crippen molar-refractivity contribution in [3.8, 4) is 5.75 Å².